The molecule has 7 heteroatoms. The van der Waals surface area contributed by atoms with Crippen LogP contribution in [0.1, 0.15) is 29.6 Å². The second-order valence-corrected chi connectivity index (χ2v) is 8.69. The number of ketones is 1. The van der Waals surface area contributed by atoms with Crippen LogP contribution in [0.3, 0.4) is 0 Å². The van der Waals surface area contributed by atoms with E-state index in [-0.39, 0.29) is 11.7 Å². The van der Waals surface area contributed by atoms with Crippen LogP contribution in [0.15, 0.2) is 63.7 Å². The topological polar surface area (TPSA) is 71.8 Å². The summed E-state index contributed by atoms with van der Waals surface area (Å²) >= 11 is 3.40. The molecule has 1 N–H and O–H groups in total. The van der Waals surface area contributed by atoms with E-state index in [0.29, 0.717) is 12.3 Å². The molecule has 31 heavy (non-hydrogen) atoms. The van der Waals surface area contributed by atoms with Gasteiger partial charge < -0.3 is 14.1 Å². The zero-order valence-electron chi connectivity index (χ0n) is 17.2. The minimum atomic E-state index is -0.457. The third kappa shape index (κ3) is 5.74. The van der Waals surface area contributed by atoms with Crippen LogP contribution in [0.5, 0.6) is 0 Å². The van der Waals surface area contributed by atoms with Crippen LogP contribution in [0.4, 0.5) is 10.5 Å². The van der Waals surface area contributed by atoms with E-state index in [4.69, 9.17) is 9.15 Å². The van der Waals surface area contributed by atoms with Gasteiger partial charge >= 0.3 is 6.09 Å². The highest BCUT2D eigenvalue weighted by molar-refractivity contribution is 9.10. The first kappa shape index (κ1) is 21.6. The van der Waals surface area contributed by atoms with Crippen molar-refractivity contribution in [1.29, 1.82) is 0 Å². The zero-order chi connectivity index (χ0) is 21.6. The lowest BCUT2D eigenvalue weighted by Crippen LogP contribution is -2.37. The molecule has 1 fully saturated rings. The van der Waals surface area contributed by atoms with Crippen LogP contribution in [0, 0.1) is 5.92 Å². The monoisotopic (exact) mass is 484 g/mol. The lowest BCUT2D eigenvalue weighted by atomic mass is 9.89. The fourth-order valence-electron chi connectivity index (χ4n) is 3.92. The van der Waals surface area contributed by atoms with Crippen molar-refractivity contribution >= 4 is 44.5 Å². The van der Waals surface area contributed by atoms with Crippen LogP contribution in [0.2, 0.25) is 0 Å². The number of rotatable bonds is 7. The van der Waals surface area contributed by atoms with E-state index in [1.54, 1.807) is 12.3 Å². The van der Waals surface area contributed by atoms with E-state index in [2.05, 4.69) is 26.1 Å². The van der Waals surface area contributed by atoms with Crippen molar-refractivity contribution in [2.24, 2.45) is 5.92 Å². The number of hydrogen-bond donors (Lipinski definition) is 1. The van der Waals surface area contributed by atoms with Gasteiger partial charge in [0.15, 0.2) is 5.78 Å². The fraction of sp³-hybridized carbons (Fsp3) is 0.333. The van der Waals surface area contributed by atoms with Crippen LogP contribution in [-0.4, -0.2) is 43.0 Å². The number of carbonyl (C=O) groups is 2. The highest BCUT2D eigenvalue weighted by atomic mass is 79.9. The van der Waals surface area contributed by atoms with Gasteiger partial charge in [-0.05, 0) is 68.8 Å². The van der Waals surface area contributed by atoms with Gasteiger partial charge in [0.1, 0.15) is 5.58 Å². The first-order valence-corrected chi connectivity index (χ1v) is 11.3. The van der Waals surface area contributed by atoms with Crippen LogP contribution in [0.25, 0.3) is 11.0 Å². The standard InChI is InChI=1S/C24H25BrN2O4/c25-20-4-2-17(3-5-20)23(28)18-8-12-27(13-9-18)11-1-14-31-24(29)26-21-6-7-22-19(16-21)10-15-30-22/h2-7,10,15-16,18H,1,8-9,11-14H2,(H,26,29). The maximum absolute atomic E-state index is 12.7. The first-order chi connectivity index (χ1) is 15.1. The number of carbonyl (C=O) groups excluding carboxylic acids is 2. The Morgan fingerprint density at radius 1 is 1.10 bits per heavy atom. The van der Waals surface area contributed by atoms with Crippen molar-refractivity contribution in [3.8, 4) is 0 Å². The summed E-state index contributed by atoms with van der Waals surface area (Å²) < 4.78 is 11.6. The molecular formula is C24H25BrN2O4. The smallest absolute Gasteiger partial charge is 0.411 e. The van der Waals surface area contributed by atoms with Gasteiger partial charge in [-0.25, -0.2) is 4.79 Å². The lowest BCUT2D eigenvalue weighted by molar-refractivity contribution is 0.0830. The summed E-state index contributed by atoms with van der Waals surface area (Å²) in [6.07, 6.45) is 3.66. The van der Waals surface area contributed by atoms with E-state index in [0.717, 1.165) is 59.9 Å². The molecule has 0 saturated carbocycles. The molecule has 1 amide bonds. The normalized spacial score (nSPS) is 15.1. The molecule has 4 rings (SSSR count). The number of anilines is 1. The summed E-state index contributed by atoms with van der Waals surface area (Å²) in [7, 11) is 0. The molecule has 1 aliphatic rings. The highest BCUT2D eigenvalue weighted by Crippen LogP contribution is 2.23. The molecular weight excluding hydrogens is 460 g/mol. The Hall–Kier alpha value is -2.64. The summed E-state index contributed by atoms with van der Waals surface area (Å²) in [4.78, 5) is 27.0. The summed E-state index contributed by atoms with van der Waals surface area (Å²) in [6, 6.07) is 14.9. The number of likely N-dealkylation sites (tertiary alicyclic amines) is 1. The van der Waals surface area contributed by atoms with Gasteiger partial charge in [0.25, 0.3) is 0 Å². The summed E-state index contributed by atoms with van der Waals surface area (Å²) in [5.74, 6) is 0.327. The minimum Gasteiger partial charge on any atom is -0.464 e. The number of amides is 1. The number of halogens is 1. The summed E-state index contributed by atoms with van der Waals surface area (Å²) in [5, 5.41) is 3.67. The Morgan fingerprint density at radius 3 is 2.65 bits per heavy atom. The average Bonchev–Trinajstić information content (AvgIpc) is 3.25. The van der Waals surface area contributed by atoms with Crippen molar-refractivity contribution in [1.82, 2.24) is 4.90 Å². The molecule has 0 atom stereocenters. The molecule has 0 aliphatic carbocycles. The average molecular weight is 485 g/mol. The van der Waals surface area contributed by atoms with E-state index in [1.807, 2.05) is 42.5 Å². The molecule has 3 aromatic rings. The van der Waals surface area contributed by atoms with Gasteiger partial charge in [0.05, 0.1) is 12.9 Å². The lowest BCUT2D eigenvalue weighted by Gasteiger charge is -2.31. The molecule has 0 radical (unpaired) electrons. The SMILES string of the molecule is O=C(Nc1ccc2occc2c1)OCCCN1CCC(C(=O)c2ccc(Br)cc2)CC1. The number of furan rings is 1. The number of fused-ring (bicyclic) bond motifs is 1. The minimum absolute atomic E-state index is 0.0898. The molecule has 1 aliphatic heterocycles. The Kier molecular flexibility index (Phi) is 7.04. The number of piperidine rings is 1. The number of hydrogen-bond acceptors (Lipinski definition) is 5. The first-order valence-electron chi connectivity index (χ1n) is 10.5. The van der Waals surface area contributed by atoms with Crippen molar-refractivity contribution in [3.05, 3.63) is 64.8 Å². The predicted molar refractivity (Wildman–Crippen MR) is 123 cm³/mol. The third-order valence-electron chi connectivity index (χ3n) is 5.64. The van der Waals surface area contributed by atoms with Crippen molar-refractivity contribution in [2.45, 2.75) is 19.3 Å². The van der Waals surface area contributed by atoms with Crippen LogP contribution >= 0.6 is 15.9 Å². The van der Waals surface area contributed by atoms with Crippen molar-refractivity contribution in [3.63, 3.8) is 0 Å². The molecule has 0 unspecified atom stereocenters. The Bertz CT molecular complexity index is 1040. The van der Waals surface area contributed by atoms with Crippen molar-refractivity contribution in [2.75, 3.05) is 31.6 Å². The van der Waals surface area contributed by atoms with Crippen LogP contribution < -0.4 is 5.32 Å². The van der Waals surface area contributed by atoms with Gasteiger partial charge in [-0.2, -0.15) is 0 Å². The van der Waals surface area contributed by atoms with Gasteiger partial charge in [0.2, 0.25) is 0 Å². The fourth-order valence-corrected chi connectivity index (χ4v) is 4.18. The summed E-state index contributed by atoms with van der Waals surface area (Å²) in [5.41, 5.74) is 2.24. The predicted octanol–water partition coefficient (Wildman–Crippen LogP) is 5.73. The molecule has 0 bridgehead atoms. The summed E-state index contributed by atoms with van der Waals surface area (Å²) in [6.45, 7) is 3.00. The quantitative estimate of drug-likeness (QED) is 0.342. The van der Waals surface area contributed by atoms with E-state index in [9.17, 15) is 9.59 Å². The van der Waals surface area contributed by atoms with Gasteiger partial charge in [-0.3, -0.25) is 10.1 Å². The molecule has 1 aromatic heterocycles. The molecule has 6 nitrogen and oxygen atoms in total. The van der Waals surface area contributed by atoms with Gasteiger partial charge in [-0.15, -0.1) is 0 Å². The Morgan fingerprint density at radius 2 is 1.87 bits per heavy atom. The third-order valence-corrected chi connectivity index (χ3v) is 6.17. The maximum atomic E-state index is 12.7. The molecule has 2 aromatic carbocycles. The van der Waals surface area contributed by atoms with Gasteiger partial charge in [-0.1, -0.05) is 28.1 Å². The second-order valence-electron chi connectivity index (χ2n) is 7.77. The number of ether oxygens (including phenoxy) is 1. The zero-order valence-corrected chi connectivity index (χ0v) is 18.8. The van der Waals surface area contributed by atoms with E-state index < -0.39 is 6.09 Å². The van der Waals surface area contributed by atoms with Gasteiger partial charge in [0, 0.05) is 33.6 Å². The second kappa shape index (κ2) is 10.1. The Labute approximate surface area is 189 Å². The van der Waals surface area contributed by atoms with E-state index >= 15 is 0 Å². The maximum Gasteiger partial charge on any atom is 0.411 e. The molecule has 162 valence electrons. The van der Waals surface area contributed by atoms with Crippen molar-refractivity contribution < 1.29 is 18.7 Å². The molecule has 2 heterocycles. The molecule has 0 spiro atoms. The van der Waals surface area contributed by atoms with E-state index in [1.165, 1.54) is 0 Å². The number of nitrogens with one attached hydrogen (secondary N) is 1. The number of benzene rings is 2. The highest BCUT2D eigenvalue weighted by Gasteiger charge is 2.25. The largest absolute Gasteiger partial charge is 0.464 e. The van der Waals surface area contributed by atoms with Crippen LogP contribution in [-0.2, 0) is 4.74 Å². The number of nitrogens with zero attached hydrogens (tertiary/aromatic N) is 1. The number of Topliss-reactive ketones (excluding diaryl/α,β-unsaturated/α-hetero) is 1. The Balaban J connectivity index is 1.13. The molecule has 1 saturated heterocycles.